The Morgan fingerprint density at radius 3 is 2.50 bits per heavy atom. The van der Waals surface area contributed by atoms with Gasteiger partial charge in [0.15, 0.2) is 11.5 Å². The highest BCUT2D eigenvalue weighted by atomic mass is 19.3. The molecule has 8 heteroatoms. The van der Waals surface area contributed by atoms with Gasteiger partial charge in [-0.15, -0.1) is 19.0 Å². The van der Waals surface area contributed by atoms with E-state index < -0.39 is 6.29 Å². The Kier molecular flexibility index (Phi) is 3.75. The summed E-state index contributed by atoms with van der Waals surface area (Å²) in [6.07, 6.45) is -3.64. The van der Waals surface area contributed by atoms with Gasteiger partial charge < -0.3 is 19.2 Å². The molecule has 0 unspecified atom stereocenters. The summed E-state index contributed by atoms with van der Waals surface area (Å²) in [6, 6.07) is 11.9. The molecule has 26 heavy (non-hydrogen) atoms. The number of ether oxygens (including phenoxy) is 2. The van der Waals surface area contributed by atoms with Crippen LogP contribution >= 0.6 is 0 Å². The maximum Gasteiger partial charge on any atom is 0.586 e. The minimum absolute atomic E-state index is 0.00680. The van der Waals surface area contributed by atoms with Crippen molar-refractivity contribution in [3.05, 3.63) is 53.9 Å². The first kappa shape index (κ1) is 16.3. The highest BCUT2D eigenvalue weighted by Gasteiger charge is 2.43. The van der Waals surface area contributed by atoms with Crippen molar-refractivity contribution >= 4 is 5.69 Å². The second-order valence-corrected chi connectivity index (χ2v) is 6.01. The summed E-state index contributed by atoms with van der Waals surface area (Å²) in [5.41, 5.74) is 2.52. The lowest BCUT2D eigenvalue weighted by molar-refractivity contribution is -0.286. The predicted octanol–water partition coefficient (Wildman–Crippen LogP) is 4.54. The summed E-state index contributed by atoms with van der Waals surface area (Å²) in [6.45, 7) is 3.82. The molecule has 2 heterocycles. The van der Waals surface area contributed by atoms with Gasteiger partial charge in [-0.05, 0) is 38.1 Å². The van der Waals surface area contributed by atoms with Crippen LogP contribution in [0.4, 0.5) is 14.5 Å². The topological polar surface area (TPSA) is 69.4 Å². The summed E-state index contributed by atoms with van der Waals surface area (Å²) in [4.78, 5) is 0. The number of anilines is 1. The van der Waals surface area contributed by atoms with E-state index in [1.807, 2.05) is 38.1 Å². The number of nitrogens with one attached hydrogen (secondary N) is 1. The third kappa shape index (κ3) is 3.17. The Hall–Kier alpha value is -3.16. The van der Waals surface area contributed by atoms with E-state index in [1.54, 1.807) is 6.07 Å². The normalized spacial score (nSPS) is 15.7. The largest absolute Gasteiger partial charge is 0.586 e. The fraction of sp³-hybridized carbons (Fsp3) is 0.222. The summed E-state index contributed by atoms with van der Waals surface area (Å²) >= 11 is 0. The molecule has 0 bridgehead atoms. The van der Waals surface area contributed by atoms with Crippen LogP contribution in [-0.2, 0) is 0 Å². The predicted molar refractivity (Wildman–Crippen MR) is 89.2 cm³/mol. The van der Waals surface area contributed by atoms with Crippen molar-refractivity contribution in [3.63, 3.8) is 0 Å². The number of aromatic nitrogens is 2. The molecule has 0 saturated heterocycles. The first-order valence-corrected chi connectivity index (χ1v) is 7.96. The highest BCUT2D eigenvalue weighted by molar-refractivity contribution is 5.57. The first-order valence-electron chi connectivity index (χ1n) is 7.96. The van der Waals surface area contributed by atoms with Crippen LogP contribution in [0.5, 0.6) is 11.5 Å². The zero-order valence-electron chi connectivity index (χ0n) is 14.0. The Labute approximate surface area is 147 Å². The quantitative estimate of drug-likeness (QED) is 0.738. The summed E-state index contributed by atoms with van der Waals surface area (Å²) in [5.74, 6) is 0.758. The average molecular weight is 359 g/mol. The van der Waals surface area contributed by atoms with E-state index in [2.05, 4.69) is 25.0 Å². The van der Waals surface area contributed by atoms with Gasteiger partial charge in [-0.1, -0.05) is 17.7 Å². The number of rotatable bonds is 4. The molecule has 0 amide bonds. The van der Waals surface area contributed by atoms with Gasteiger partial charge >= 0.3 is 6.29 Å². The highest BCUT2D eigenvalue weighted by Crippen LogP contribution is 2.42. The van der Waals surface area contributed by atoms with Gasteiger partial charge in [-0.25, -0.2) is 0 Å². The molecule has 6 nitrogen and oxygen atoms in total. The van der Waals surface area contributed by atoms with Crippen LogP contribution in [0.1, 0.15) is 24.4 Å². The van der Waals surface area contributed by atoms with Crippen molar-refractivity contribution in [1.29, 1.82) is 0 Å². The number of halogens is 2. The minimum Gasteiger partial charge on any atom is -0.418 e. The maximum atomic E-state index is 13.1. The number of benzene rings is 2. The smallest absolute Gasteiger partial charge is 0.418 e. The van der Waals surface area contributed by atoms with E-state index >= 15 is 0 Å². The molecule has 3 aromatic rings. The molecule has 2 aromatic carbocycles. The second kappa shape index (κ2) is 5.98. The zero-order valence-corrected chi connectivity index (χ0v) is 14.0. The second-order valence-electron chi connectivity index (χ2n) is 6.01. The van der Waals surface area contributed by atoms with Gasteiger partial charge in [0.25, 0.3) is 0 Å². The minimum atomic E-state index is -3.64. The molecule has 1 atom stereocenters. The van der Waals surface area contributed by atoms with Crippen LogP contribution in [0.25, 0.3) is 11.5 Å². The fourth-order valence-corrected chi connectivity index (χ4v) is 2.57. The van der Waals surface area contributed by atoms with Gasteiger partial charge in [-0.2, -0.15) is 0 Å². The average Bonchev–Trinajstić information content (AvgIpc) is 3.18. The lowest BCUT2D eigenvalue weighted by atomic mass is 10.1. The molecule has 0 spiro atoms. The number of nitrogens with zero attached hydrogens (tertiary/aromatic N) is 2. The summed E-state index contributed by atoms with van der Waals surface area (Å²) < 4.78 is 40.7. The molecule has 1 aliphatic heterocycles. The van der Waals surface area contributed by atoms with Crippen molar-refractivity contribution in [2.45, 2.75) is 26.2 Å². The third-order valence-electron chi connectivity index (χ3n) is 3.89. The number of alkyl halides is 2. The molecular weight excluding hydrogens is 344 g/mol. The Bertz CT molecular complexity index is 941. The van der Waals surface area contributed by atoms with Crippen LogP contribution in [0.2, 0.25) is 0 Å². The third-order valence-corrected chi connectivity index (χ3v) is 3.89. The van der Waals surface area contributed by atoms with E-state index in [1.165, 1.54) is 12.1 Å². The molecule has 0 saturated carbocycles. The molecule has 1 N–H and O–H groups in total. The molecule has 0 aliphatic carbocycles. The molecule has 0 fully saturated rings. The number of aryl methyl sites for hydroxylation is 1. The van der Waals surface area contributed by atoms with E-state index in [0.29, 0.717) is 17.5 Å². The molecule has 1 aromatic heterocycles. The molecular formula is C18H15F2N3O3. The van der Waals surface area contributed by atoms with Crippen molar-refractivity contribution in [1.82, 2.24) is 10.2 Å². The van der Waals surface area contributed by atoms with Gasteiger partial charge in [-0.3, -0.25) is 0 Å². The number of hydrogen-bond donors (Lipinski definition) is 1. The SMILES string of the molecule is Cc1ccc(-c2nnc([C@H](C)Nc3ccc4c(c3)OC(F)(F)O4)o2)cc1. The van der Waals surface area contributed by atoms with Crippen LogP contribution < -0.4 is 14.8 Å². The first-order chi connectivity index (χ1) is 12.4. The zero-order chi connectivity index (χ0) is 18.3. The van der Waals surface area contributed by atoms with Crippen LogP contribution in [0.15, 0.2) is 46.9 Å². The Balaban J connectivity index is 1.49. The van der Waals surface area contributed by atoms with E-state index in [9.17, 15) is 8.78 Å². The maximum absolute atomic E-state index is 13.1. The monoisotopic (exact) mass is 359 g/mol. The molecule has 0 radical (unpaired) electrons. The van der Waals surface area contributed by atoms with Crippen molar-refractivity contribution < 1.29 is 22.7 Å². The fourth-order valence-electron chi connectivity index (χ4n) is 2.57. The summed E-state index contributed by atoms with van der Waals surface area (Å²) in [7, 11) is 0. The molecule has 4 rings (SSSR count). The van der Waals surface area contributed by atoms with Crippen LogP contribution in [-0.4, -0.2) is 16.5 Å². The van der Waals surface area contributed by atoms with Crippen molar-refractivity contribution in [2.75, 3.05) is 5.32 Å². The van der Waals surface area contributed by atoms with Crippen molar-refractivity contribution in [2.24, 2.45) is 0 Å². The lowest BCUT2D eigenvalue weighted by Gasteiger charge is -2.11. The van der Waals surface area contributed by atoms with Gasteiger partial charge in [0, 0.05) is 17.3 Å². The van der Waals surface area contributed by atoms with Crippen LogP contribution in [0.3, 0.4) is 0 Å². The Morgan fingerprint density at radius 2 is 1.73 bits per heavy atom. The lowest BCUT2D eigenvalue weighted by Crippen LogP contribution is -2.25. The van der Waals surface area contributed by atoms with E-state index in [0.717, 1.165) is 11.1 Å². The standard InChI is InChI=1S/C18H15F2N3O3/c1-10-3-5-12(6-4-10)17-23-22-16(24-17)11(2)21-13-7-8-14-15(9-13)26-18(19,20)25-14/h3-9,11,21H,1-2H3/t11-/m0/s1. The molecule has 1 aliphatic rings. The van der Waals surface area contributed by atoms with Gasteiger partial charge in [0.2, 0.25) is 11.8 Å². The molecule has 134 valence electrons. The van der Waals surface area contributed by atoms with E-state index in [4.69, 9.17) is 4.42 Å². The van der Waals surface area contributed by atoms with E-state index in [-0.39, 0.29) is 17.5 Å². The number of fused-ring (bicyclic) bond motifs is 1. The number of hydrogen-bond acceptors (Lipinski definition) is 6. The Morgan fingerprint density at radius 1 is 1.00 bits per heavy atom. The summed E-state index contributed by atoms with van der Waals surface area (Å²) in [5, 5.41) is 11.2. The van der Waals surface area contributed by atoms with Crippen molar-refractivity contribution in [3.8, 4) is 23.0 Å². The van der Waals surface area contributed by atoms with Gasteiger partial charge in [0.05, 0.1) is 0 Å². The van der Waals surface area contributed by atoms with Gasteiger partial charge in [0.1, 0.15) is 6.04 Å². The van der Waals surface area contributed by atoms with Crippen LogP contribution in [0, 0.1) is 6.92 Å².